The van der Waals surface area contributed by atoms with Gasteiger partial charge in [0, 0.05) is 19.8 Å². The first kappa shape index (κ1) is 25.2. The van der Waals surface area contributed by atoms with E-state index >= 15 is 0 Å². The van der Waals surface area contributed by atoms with E-state index in [0.717, 1.165) is 15.8 Å². The van der Waals surface area contributed by atoms with E-state index in [1.165, 1.54) is 40.9 Å². The Morgan fingerprint density at radius 1 is 0.943 bits per heavy atom. The topological polar surface area (TPSA) is 32.6 Å². The van der Waals surface area contributed by atoms with Crippen LogP contribution in [0.5, 0.6) is 0 Å². The molecule has 1 N–H and O–H groups in total. The van der Waals surface area contributed by atoms with Crippen molar-refractivity contribution in [3.63, 3.8) is 0 Å². The van der Waals surface area contributed by atoms with Gasteiger partial charge in [-0.1, -0.05) is 48.9 Å². The molecule has 2 aromatic heterocycles. The predicted molar refractivity (Wildman–Crippen MR) is 135 cm³/mol. The van der Waals surface area contributed by atoms with Gasteiger partial charge < -0.3 is 5.21 Å². The Labute approximate surface area is 212 Å². The molecule has 0 aliphatic heterocycles. The zero-order valence-electron chi connectivity index (χ0n) is 18.6. The van der Waals surface area contributed by atoms with Crippen molar-refractivity contribution in [2.75, 3.05) is 0 Å². The molecule has 0 saturated heterocycles. The van der Waals surface area contributed by atoms with Crippen LogP contribution in [0.2, 0.25) is 0 Å². The summed E-state index contributed by atoms with van der Waals surface area (Å²) in [6.07, 6.45) is 1.63. The van der Waals surface area contributed by atoms with Gasteiger partial charge in [-0.25, -0.2) is 17.6 Å². The zero-order valence-corrected chi connectivity index (χ0v) is 21.0. The second-order valence-corrected chi connectivity index (χ2v) is 10.2. The maximum absolute atomic E-state index is 15.0. The molecule has 2 aromatic carbocycles. The lowest BCUT2D eigenvalue weighted by Gasteiger charge is -2.12. The first-order valence-corrected chi connectivity index (χ1v) is 12.7. The summed E-state index contributed by atoms with van der Waals surface area (Å²) in [7, 11) is 0. The molecule has 2 heterocycles. The van der Waals surface area contributed by atoms with Crippen LogP contribution in [0, 0.1) is 35.1 Å². The molecule has 9 heteroatoms. The number of aryl methyl sites for hydroxylation is 1. The Morgan fingerprint density at radius 3 is 2.23 bits per heavy atom. The first-order chi connectivity index (χ1) is 16.8. The monoisotopic (exact) mass is 535 g/mol. The minimum Gasteiger partial charge on any atom is -0.410 e. The van der Waals surface area contributed by atoms with Crippen molar-refractivity contribution < 1.29 is 22.8 Å². The highest BCUT2D eigenvalue weighted by atomic mass is 35.5. The summed E-state index contributed by atoms with van der Waals surface area (Å²) in [6, 6.07) is 7.37. The Bertz CT molecular complexity index is 1470. The normalized spacial score (nSPS) is 11.7. The van der Waals surface area contributed by atoms with Crippen LogP contribution in [0.3, 0.4) is 0 Å². The molecule has 0 atom stereocenters. The van der Waals surface area contributed by atoms with Crippen LogP contribution in [0.25, 0.3) is 19.8 Å². The van der Waals surface area contributed by atoms with Crippen LogP contribution in [0.4, 0.5) is 17.6 Å². The van der Waals surface area contributed by atoms with Gasteiger partial charge in [-0.05, 0) is 54.3 Å². The van der Waals surface area contributed by atoms with Crippen molar-refractivity contribution in [3.05, 3.63) is 80.7 Å². The lowest BCUT2D eigenvalue weighted by molar-refractivity contribution is 0.320. The maximum Gasteiger partial charge on any atom is 0.181 e. The number of benzene rings is 2. The highest BCUT2D eigenvalue weighted by Crippen LogP contribution is 2.41. The molecule has 35 heavy (non-hydrogen) atoms. The summed E-state index contributed by atoms with van der Waals surface area (Å²) in [5, 5.41) is 10.9. The molecular formula is C26H18ClF4NOS2. The second-order valence-electron chi connectivity index (χ2n) is 7.70. The van der Waals surface area contributed by atoms with E-state index < -0.39 is 34.0 Å². The smallest absolute Gasteiger partial charge is 0.181 e. The van der Waals surface area contributed by atoms with Crippen molar-refractivity contribution in [1.82, 2.24) is 0 Å². The first-order valence-electron chi connectivity index (χ1n) is 10.7. The van der Waals surface area contributed by atoms with Gasteiger partial charge in [0.05, 0.1) is 16.0 Å². The molecule has 0 aliphatic rings. The van der Waals surface area contributed by atoms with Gasteiger partial charge in [0.1, 0.15) is 23.3 Å². The van der Waals surface area contributed by atoms with Crippen LogP contribution in [-0.2, 0) is 12.8 Å². The molecule has 0 unspecified atom stereocenters. The fraction of sp³-hybridized carbons (Fsp3) is 0.192. The Balaban J connectivity index is 1.70. The second kappa shape index (κ2) is 10.4. The molecule has 4 aromatic rings. The van der Waals surface area contributed by atoms with E-state index in [2.05, 4.69) is 17.0 Å². The molecule has 180 valence electrons. The van der Waals surface area contributed by atoms with Gasteiger partial charge in [0.25, 0.3) is 0 Å². The molecule has 0 saturated carbocycles. The minimum atomic E-state index is -0.935. The molecule has 0 spiro atoms. The van der Waals surface area contributed by atoms with Gasteiger partial charge >= 0.3 is 0 Å². The molecule has 0 fully saturated rings. The molecule has 4 rings (SSSR count). The number of hydrogen-bond acceptors (Lipinski definition) is 4. The third kappa shape index (κ3) is 4.94. The third-order valence-electron chi connectivity index (χ3n) is 5.39. The number of rotatable bonds is 5. The molecule has 2 nitrogen and oxygen atoms in total. The van der Waals surface area contributed by atoms with Gasteiger partial charge in [-0.3, -0.25) is 0 Å². The SMILES string of the molecule is CCCc1cc(F)c(C#Cc2cc3sc(-c4cc(F)c(/C(Cl)=N/O)c(F)c4CC)cc3s2)c(F)c1. The van der Waals surface area contributed by atoms with Crippen LogP contribution in [0.15, 0.2) is 35.5 Å². The Morgan fingerprint density at radius 2 is 1.63 bits per heavy atom. The van der Waals surface area contributed by atoms with Gasteiger partial charge in [0.15, 0.2) is 5.17 Å². The summed E-state index contributed by atoms with van der Waals surface area (Å²) in [4.78, 5) is 1.26. The quantitative estimate of drug-likeness (QED) is 0.0897. The van der Waals surface area contributed by atoms with Crippen LogP contribution in [0.1, 0.15) is 47.4 Å². The standard InChI is InChI=1S/C26H18ClF4NOS2/c1-3-5-13-8-18(28)16(19(29)9-13)7-6-14-10-22-23(34-14)12-21(35-22)17-11-20(30)24(26(27)32-33)25(31)15(17)4-2/h8-12,33H,3-5H2,1-2H3/b32-26-. The fourth-order valence-corrected chi connectivity index (χ4v) is 6.26. The average Bonchev–Trinajstić information content (AvgIpc) is 3.37. The van der Waals surface area contributed by atoms with Crippen LogP contribution >= 0.6 is 34.3 Å². The maximum atomic E-state index is 15.0. The lowest BCUT2D eigenvalue weighted by atomic mass is 9.99. The highest BCUT2D eigenvalue weighted by Gasteiger charge is 2.23. The van der Waals surface area contributed by atoms with Crippen molar-refractivity contribution in [2.24, 2.45) is 5.16 Å². The largest absolute Gasteiger partial charge is 0.410 e. The summed E-state index contributed by atoms with van der Waals surface area (Å²) < 4.78 is 59.9. The van der Waals surface area contributed by atoms with E-state index in [9.17, 15) is 17.6 Å². The summed E-state index contributed by atoms with van der Waals surface area (Å²) in [5.41, 5.74) is 0.370. The molecule has 0 aliphatic carbocycles. The van der Waals surface area contributed by atoms with E-state index in [4.69, 9.17) is 16.8 Å². The molecule has 0 radical (unpaired) electrons. The third-order valence-corrected chi connectivity index (χ3v) is 7.90. The molecule has 0 bridgehead atoms. The number of fused-ring (bicyclic) bond motifs is 1. The van der Waals surface area contributed by atoms with Gasteiger partial charge in [-0.2, -0.15) is 0 Å². The highest BCUT2D eigenvalue weighted by molar-refractivity contribution is 7.29. The van der Waals surface area contributed by atoms with Crippen molar-refractivity contribution >= 4 is 48.8 Å². The van der Waals surface area contributed by atoms with E-state index in [-0.39, 0.29) is 17.5 Å². The summed E-state index contributed by atoms with van der Waals surface area (Å²) in [6.45, 7) is 3.66. The van der Waals surface area contributed by atoms with E-state index in [1.807, 2.05) is 6.92 Å². The number of oxime groups is 1. The van der Waals surface area contributed by atoms with E-state index in [1.54, 1.807) is 19.1 Å². The predicted octanol–water partition coefficient (Wildman–Crippen LogP) is 8.48. The Hall–Kier alpha value is -2.86. The number of thiophene rings is 2. The summed E-state index contributed by atoms with van der Waals surface area (Å²) >= 11 is 8.31. The number of nitrogens with zero attached hydrogens (tertiary/aromatic N) is 1. The van der Waals surface area contributed by atoms with Crippen molar-refractivity contribution in [1.29, 1.82) is 0 Å². The van der Waals surface area contributed by atoms with Crippen molar-refractivity contribution in [3.8, 4) is 22.3 Å². The minimum absolute atomic E-state index is 0.245. The van der Waals surface area contributed by atoms with Crippen LogP contribution < -0.4 is 0 Å². The fourth-order valence-electron chi connectivity index (χ4n) is 3.80. The van der Waals surface area contributed by atoms with Crippen molar-refractivity contribution in [2.45, 2.75) is 33.1 Å². The number of hydrogen-bond donors (Lipinski definition) is 1. The van der Waals surface area contributed by atoms with Crippen LogP contribution in [-0.4, -0.2) is 10.4 Å². The van der Waals surface area contributed by atoms with E-state index in [0.29, 0.717) is 27.3 Å². The molecular weight excluding hydrogens is 518 g/mol. The lowest BCUT2D eigenvalue weighted by Crippen LogP contribution is -2.06. The van der Waals surface area contributed by atoms with Gasteiger partial charge in [0.2, 0.25) is 0 Å². The summed E-state index contributed by atoms with van der Waals surface area (Å²) in [5.74, 6) is 2.23. The zero-order chi connectivity index (χ0) is 25.3. The molecule has 0 amide bonds. The van der Waals surface area contributed by atoms with Gasteiger partial charge in [-0.15, -0.1) is 22.7 Å². The average molecular weight is 536 g/mol. The number of halogens is 5. The Kier molecular flexibility index (Phi) is 7.50.